The zero-order chi connectivity index (χ0) is 17.9. The molecular weight excluding hydrogens is 336 g/mol. The number of pyridine rings is 1. The van der Waals surface area contributed by atoms with Gasteiger partial charge < -0.3 is 19.0 Å². The summed E-state index contributed by atoms with van der Waals surface area (Å²) in [6.45, 7) is 2.50. The van der Waals surface area contributed by atoms with Gasteiger partial charge in [-0.25, -0.2) is 0 Å². The topological polar surface area (TPSA) is 93.5 Å². The van der Waals surface area contributed by atoms with E-state index >= 15 is 0 Å². The first-order valence-electron chi connectivity index (χ1n) is 8.49. The summed E-state index contributed by atoms with van der Waals surface area (Å²) in [5.74, 6) is 0.977. The van der Waals surface area contributed by atoms with Gasteiger partial charge in [-0.3, -0.25) is 9.69 Å². The van der Waals surface area contributed by atoms with Crippen molar-refractivity contribution < 1.29 is 14.0 Å². The number of nitrogens with one attached hydrogen (secondary N) is 1. The zero-order valence-electron chi connectivity index (χ0n) is 14.5. The molecule has 26 heavy (non-hydrogen) atoms. The van der Waals surface area contributed by atoms with Crippen LogP contribution in [0.3, 0.4) is 0 Å². The highest BCUT2D eigenvalue weighted by Gasteiger charge is 2.29. The molecular formula is C18H20N4O4. The monoisotopic (exact) mass is 356 g/mol. The number of aromatic amines is 1. The van der Waals surface area contributed by atoms with Crippen LogP contribution >= 0.6 is 0 Å². The maximum atomic E-state index is 12.5. The zero-order valence-corrected chi connectivity index (χ0v) is 14.5. The van der Waals surface area contributed by atoms with Gasteiger partial charge >= 0.3 is 0 Å². The summed E-state index contributed by atoms with van der Waals surface area (Å²) < 4.78 is 15.8. The second kappa shape index (κ2) is 7.36. The van der Waals surface area contributed by atoms with Gasteiger partial charge in [0.25, 0.3) is 11.4 Å². The fourth-order valence-electron chi connectivity index (χ4n) is 3.18. The molecule has 0 amide bonds. The van der Waals surface area contributed by atoms with Crippen LogP contribution in [-0.4, -0.2) is 46.9 Å². The Kier molecular flexibility index (Phi) is 4.79. The molecule has 3 heterocycles. The van der Waals surface area contributed by atoms with Gasteiger partial charge in [0.2, 0.25) is 0 Å². The van der Waals surface area contributed by atoms with Gasteiger partial charge in [0.05, 0.1) is 19.3 Å². The second-order valence-corrected chi connectivity index (χ2v) is 6.25. The Morgan fingerprint density at radius 2 is 2.27 bits per heavy atom. The number of H-pyrrole nitrogens is 1. The number of methoxy groups -OCH3 is 1. The van der Waals surface area contributed by atoms with Crippen molar-refractivity contribution >= 4 is 10.9 Å². The van der Waals surface area contributed by atoms with Crippen molar-refractivity contribution in [3.63, 3.8) is 0 Å². The van der Waals surface area contributed by atoms with E-state index in [1.807, 2.05) is 30.3 Å². The number of benzene rings is 1. The summed E-state index contributed by atoms with van der Waals surface area (Å²) in [7, 11) is 1.58. The fraction of sp³-hybridized carbons (Fsp3) is 0.389. The summed E-state index contributed by atoms with van der Waals surface area (Å²) in [5, 5.41) is 5.06. The summed E-state index contributed by atoms with van der Waals surface area (Å²) in [6.07, 6.45) is 0. The predicted molar refractivity (Wildman–Crippen MR) is 93.5 cm³/mol. The van der Waals surface area contributed by atoms with Crippen LogP contribution in [0.15, 0.2) is 39.6 Å². The van der Waals surface area contributed by atoms with E-state index in [1.165, 1.54) is 0 Å². The molecule has 1 saturated heterocycles. The smallest absolute Gasteiger partial charge is 0.252 e. The van der Waals surface area contributed by atoms with Crippen molar-refractivity contribution in [1.29, 1.82) is 0 Å². The molecule has 1 atom stereocenters. The largest absolute Gasteiger partial charge is 0.378 e. The molecule has 0 radical (unpaired) electrons. The van der Waals surface area contributed by atoms with E-state index in [9.17, 15) is 4.79 Å². The van der Waals surface area contributed by atoms with Gasteiger partial charge in [-0.1, -0.05) is 23.4 Å². The number of hydrogen-bond donors (Lipinski definition) is 1. The van der Waals surface area contributed by atoms with Gasteiger partial charge in [0, 0.05) is 31.3 Å². The second-order valence-electron chi connectivity index (χ2n) is 6.25. The summed E-state index contributed by atoms with van der Waals surface area (Å²) in [4.78, 5) is 21.9. The average Bonchev–Trinajstić information content (AvgIpc) is 3.11. The number of hydrogen-bond acceptors (Lipinski definition) is 7. The third kappa shape index (κ3) is 3.39. The van der Waals surface area contributed by atoms with Crippen molar-refractivity contribution in [3.8, 4) is 0 Å². The molecule has 8 nitrogen and oxygen atoms in total. The molecule has 4 rings (SSSR count). The molecule has 1 aliphatic heterocycles. The van der Waals surface area contributed by atoms with E-state index in [0.717, 1.165) is 10.9 Å². The number of para-hydroxylation sites is 1. The minimum atomic E-state index is -0.163. The molecule has 0 aliphatic carbocycles. The first-order valence-corrected chi connectivity index (χ1v) is 8.49. The predicted octanol–water partition coefficient (Wildman–Crippen LogP) is 1.63. The van der Waals surface area contributed by atoms with Gasteiger partial charge in [0.1, 0.15) is 6.61 Å². The first kappa shape index (κ1) is 16.9. The number of fused-ring (bicyclic) bond motifs is 1. The van der Waals surface area contributed by atoms with Crippen molar-refractivity contribution in [2.24, 2.45) is 0 Å². The molecule has 1 aliphatic rings. The quantitative estimate of drug-likeness (QED) is 0.742. The molecule has 1 unspecified atom stereocenters. The van der Waals surface area contributed by atoms with Crippen molar-refractivity contribution in [3.05, 3.63) is 58.0 Å². The lowest BCUT2D eigenvalue weighted by Crippen LogP contribution is -2.40. The highest BCUT2D eigenvalue weighted by molar-refractivity contribution is 5.78. The van der Waals surface area contributed by atoms with Gasteiger partial charge in [-0.05, 0) is 17.5 Å². The van der Waals surface area contributed by atoms with E-state index in [4.69, 9.17) is 14.0 Å². The van der Waals surface area contributed by atoms with Gasteiger partial charge in [-0.2, -0.15) is 4.98 Å². The van der Waals surface area contributed by atoms with E-state index < -0.39 is 0 Å². The highest BCUT2D eigenvalue weighted by atomic mass is 16.5. The van der Waals surface area contributed by atoms with Gasteiger partial charge in [0.15, 0.2) is 5.82 Å². The van der Waals surface area contributed by atoms with E-state index in [2.05, 4.69) is 20.0 Å². The molecule has 3 aromatic rings. The minimum Gasteiger partial charge on any atom is -0.378 e. The molecule has 0 bridgehead atoms. The third-order valence-electron chi connectivity index (χ3n) is 4.49. The Labute approximate surface area is 149 Å². The Morgan fingerprint density at radius 3 is 3.15 bits per heavy atom. The van der Waals surface area contributed by atoms with Crippen LogP contribution in [-0.2, 0) is 22.6 Å². The van der Waals surface area contributed by atoms with Crippen molar-refractivity contribution in [2.75, 3.05) is 26.9 Å². The van der Waals surface area contributed by atoms with Crippen LogP contribution in [0, 0.1) is 0 Å². The molecule has 1 aromatic carbocycles. The maximum absolute atomic E-state index is 12.5. The molecule has 0 spiro atoms. The Hall–Kier alpha value is -2.55. The highest BCUT2D eigenvalue weighted by Crippen LogP contribution is 2.24. The van der Waals surface area contributed by atoms with Crippen LogP contribution in [0.5, 0.6) is 0 Å². The number of ether oxygens (including phenoxy) is 2. The summed E-state index contributed by atoms with van der Waals surface area (Å²) >= 11 is 0. The van der Waals surface area contributed by atoms with Crippen LogP contribution in [0.4, 0.5) is 0 Å². The SMILES string of the molecule is COCc1nc(C2COCCN2Cc2cc3ccccc3[nH]c2=O)no1. The van der Waals surface area contributed by atoms with E-state index in [0.29, 0.717) is 43.6 Å². The Bertz CT molecular complexity index is 952. The van der Waals surface area contributed by atoms with Crippen molar-refractivity contribution in [1.82, 2.24) is 20.0 Å². The van der Waals surface area contributed by atoms with Crippen LogP contribution < -0.4 is 5.56 Å². The number of rotatable bonds is 5. The van der Waals surface area contributed by atoms with Crippen LogP contribution in [0.1, 0.15) is 23.3 Å². The maximum Gasteiger partial charge on any atom is 0.252 e. The summed E-state index contributed by atoms with van der Waals surface area (Å²) in [5.41, 5.74) is 1.46. The molecule has 136 valence electrons. The average molecular weight is 356 g/mol. The fourth-order valence-corrected chi connectivity index (χ4v) is 3.18. The molecule has 8 heteroatoms. The normalized spacial score (nSPS) is 18.4. The molecule has 1 fully saturated rings. The van der Waals surface area contributed by atoms with Crippen molar-refractivity contribution in [2.45, 2.75) is 19.2 Å². The molecule has 2 aromatic heterocycles. The van der Waals surface area contributed by atoms with E-state index in [1.54, 1.807) is 7.11 Å². The summed E-state index contributed by atoms with van der Waals surface area (Å²) in [6, 6.07) is 9.52. The molecule has 0 saturated carbocycles. The first-order chi connectivity index (χ1) is 12.7. The Balaban J connectivity index is 1.60. The third-order valence-corrected chi connectivity index (χ3v) is 4.49. The van der Waals surface area contributed by atoms with E-state index in [-0.39, 0.29) is 18.2 Å². The number of nitrogens with zero attached hydrogens (tertiary/aromatic N) is 3. The number of aromatic nitrogens is 3. The lowest BCUT2D eigenvalue weighted by atomic mass is 10.1. The van der Waals surface area contributed by atoms with Gasteiger partial charge in [-0.15, -0.1) is 0 Å². The molecule has 1 N–H and O–H groups in total. The Morgan fingerprint density at radius 1 is 1.38 bits per heavy atom. The lowest BCUT2D eigenvalue weighted by Gasteiger charge is -2.33. The lowest BCUT2D eigenvalue weighted by molar-refractivity contribution is -0.0167. The standard InChI is InChI=1S/C18H20N4O4/c1-24-11-16-20-17(21-26-16)15-10-25-7-6-22(15)9-13-8-12-4-2-3-5-14(12)19-18(13)23/h2-5,8,15H,6-7,9-11H2,1H3,(H,19,23). The van der Waals surface area contributed by atoms with Crippen LogP contribution in [0.2, 0.25) is 0 Å². The minimum absolute atomic E-state index is 0.0814. The number of morpholine rings is 1. The van der Waals surface area contributed by atoms with Crippen LogP contribution in [0.25, 0.3) is 10.9 Å².